The maximum absolute atomic E-state index is 13.3. The van der Waals surface area contributed by atoms with Crippen LogP contribution in [-0.2, 0) is 0 Å². The molecule has 0 radical (unpaired) electrons. The quantitative estimate of drug-likeness (QED) is 0.767. The lowest BCUT2D eigenvalue weighted by Crippen LogP contribution is -2.13. The molecule has 0 bridgehead atoms. The third-order valence-corrected chi connectivity index (χ3v) is 2.94. The van der Waals surface area contributed by atoms with Gasteiger partial charge in [-0.1, -0.05) is 6.07 Å². The second kappa shape index (κ2) is 3.38. The van der Waals surface area contributed by atoms with Crippen LogP contribution in [0.3, 0.4) is 0 Å². The third kappa shape index (κ3) is 1.36. The summed E-state index contributed by atoms with van der Waals surface area (Å²) in [5, 5.41) is 3.36. The van der Waals surface area contributed by atoms with E-state index in [9.17, 15) is 4.39 Å². The van der Waals surface area contributed by atoms with Crippen LogP contribution in [0, 0.1) is 5.82 Å². The summed E-state index contributed by atoms with van der Waals surface area (Å²) < 4.78 is 23.8. The molecular formula is C11H12FNO2. The van der Waals surface area contributed by atoms with Gasteiger partial charge in [0.25, 0.3) is 0 Å². The maximum Gasteiger partial charge on any atom is 0.231 e. The van der Waals surface area contributed by atoms with E-state index in [1.807, 2.05) is 0 Å². The summed E-state index contributed by atoms with van der Waals surface area (Å²) in [6.07, 6.45) is 2.22. The van der Waals surface area contributed by atoms with Crippen molar-refractivity contribution < 1.29 is 13.9 Å². The van der Waals surface area contributed by atoms with Gasteiger partial charge in [0, 0.05) is 11.6 Å². The largest absolute Gasteiger partial charge is 0.453 e. The lowest BCUT2D eigenvalue weighted by Gasteiger charge is -2.13. The fraction of sp³-hybridized carbons (Fsp3) is 0.455. The molecule has 1 N–H and O–H groups in total. The van der Waals surface area contributed by atoms with Gasteiger partial charge in [-0.05, 0) is 25.5 Å². The summed E-state index contributed by atoms with van der Waals surface area (Å²) in [5.41, 5.74) is 1.02. The summed E-state index contributed by atoms with van der Waals surface area (Å²) in [7, 11) is 0. The third-order valence-electron chi connectivity index (χ3n) is 2.94. The van der Waals surface area contributed by atoms with E-state index in [-0.39, 0.29) is 24.4 Å². The SMILES string of the molecule is Fc1ccc(C2CCCN2)c2c1OCO2. The van der Waals surface area contributed by atoms with Gasteiger partial charge in [0.05, 0.1) is 0 Å². The maximum atomic E-state index is 13.3. The molecule has 4 heteroatoms. The van der Waals surface area contributed by atoms with Gasteiger partial charge < -0.3 is 14.8 Å². The Balaban J connectivity index is 2.04. The number of benzene rings is 1. The molecule has 1 aromatic carbocycles. The lowest BCUT2D eigenvalue weighted by molar-refractivity contribution is 0.170. The van der Waals surface area contributed by atoms with Crippen molar-refractivity contribution in [2.24, 2.45) is 0 Å². The Hall–Kier alpha value is -1.29. The first kappa shape index (κ1) is 8.97. The topological polar surface area (TPSA) is 30.5 Å². The van der Waals surface area contributed by atoms with Crippen molar-refractivity contribution in [3.8, 4) is 11.5 Å². The summed E-state index contributed by atoms with van der Waals surface area (Å²) in [6, 6.07) is 3.51. The molecule has 2 aliphatic heterocycles. The van der Waals surface area contributed by atoms with Crippen LogP contribution in [-0.4, -0.2) is 13.3 Å². The summed E-state index contributed by atoms with van der Waals surface area (Å²) >= 11 is 0. The zero-order chi connectivity index (χ0) is 10.3. The zero-order valence-electron chi connectivity index (χ0n) is 8.25. The molecule has 0 aliphatic carbocycles. The Kier molecular flexibility index (Phi) is 2.02. The second-order valence-electron chi connectivity index (χ2n) is 3.85. The zero-order valence-corrected chi connectivity index (χ0v) is 8.25. The number of halogens is 1. The van der Waals surface area contributed by atoms with Gasteiger partial charge in [-0.25, -0.2) is 4.39 Å². The van der Waals surface area contributed by atoms with Crippen molar-refractivity contribution in [3.63, 3.8) is 0 Å². The highest BCUT2D eigenvalue weighted by molar-refractivity contribution is 5.50. The first-order valence-electron chi connectivity index (χ1n) is 5.17. The monoisotopic (exact) mass is 209 g/mol. The van der Waals surface area contributed by atoms with Crippen LogP contribution >= 0.6 is 0 Å². The van der Waals surface area contributed by atoms with Gasteiger partial charge in [-0.15, -0.1) is 0 Å². The number of fused-ring (bicyclic) bond motifs is 1. The van der Waals surface area contributed by atoms with E-state index in [0.717, 1.165) is 24.9 Å². The minimum atomic E-state index is -0.343. The van der Waals surface area contributed by atoms with Gasteiger partial charge in [0.2, 0.25) is 12.5 Å². The highest BCUT2D eigenvalue weighted by atomic mass is 19.1. The molecular weight excluding hydrogens is 197 g/mol. The minimum Gasteiger partial charge on any atom is -0.453 e. The summed E-state index contributed by atoms with van der Waals surface area (Å²) in [5.74, 6) is 0.500. The van der Waals surface area contributed by atoms with Crippen molar-refractivity contribution in [3.05, 3.63) is 23.5 Å². The first-order valence-corrected chi connectivity index (χ1v) is 5.17. The van der Waals surface area contributed by atoms with Crippen LogP contribution < -0.4 is 14.8 Å². The minimum absolute atomic E-state index is 0.121. The van der Waals surface area contributed by atoms with Crippen LogP contribution in [0.5, 0.6) is 11.5 Å². The number of rotatable bonds is 1. The fourth-order valence-electron chi connectivity index (χ4n) is 2.21. The molecule has 3 rings (SSSR count). The highest BCUT2D eigenvalue weighted by Gasteiger charge is 2.27. The molecule has 1 saturated heterocycles. The molecule has 0 spiro atoms. The molecule has 80 valence electrons. The number of nitrogens with one attached hydrogen (secondary N) is 1. The van der Waals surface area contributed by atoms with Crippen molar-refractivity contribution >= 4 is 0 Å². The van der Waals surface area contributed by atoms with Crippen LogP contribution in [0.25, 0.3) is 0 Å². The molecule has 3 nitrogen and oxygen atoms in total. The molecule has 0 aromatic heterocycles. The Bertz CT molecular complexity index is 388. The van der Waals surface area contributed by atoms with Crippen molar-refractivity contribution in [2.75, 3.05) is 13.3 Å². The lowest BCUT2D eigenvalue weighted by atomic mass is 10.0. The van der Waals surface area contributed by atoms with E-state index in [1.54, 1.807) is 6.07 Å². The molecule has 0 amide bonds. The molecule has 0 saturated carbocycles. The van der Waals surface area contributed by atoms with Gasteiger partial charge >= 0.3 is 0 Å². The molecule has 2 aliphatic rings. The van der Waals surface area contributed by atoms with E-state index in [0.29, 0.717) is 5.75 Å². The van der Waals surface area contributed by atoms with Crippen molar-refractivity contribution in [1.29, 1.82) is 0 Å². The number of ether oxygens (including phenoxy) is 2. The number of hydrogen-bond donors (Lipinski definition) is 1. The Morgan fingerprint density at radius 3 is 2.93 bits per heavy atom. The van der Waals surface area contributed by atoms with E-state index in [1.165, 1.54) is 6.07 Å². The van der Waals surface area contributed by atoms with Crippen LogP contribution in [0.15, 0.2) is 12.1 Å². The predicted octanol–water partition coefficient (Wildman–Crippen LogP) is 1.98. The van der Waals surface area contributed by atoms with E-state index >= 15 is 0 Å². The Morgan fingerprint density at radius 2 is 2.13 bits per heavy atom. The van der Waals surface area contributed by atoms with E-state index in [2.05, 4.69) is 5.32 Å². The second-order valence-corrected chi connectivity index (χ2v) is 3.85. The molecule has 1 unspecified atom stereocenters. The smallest absolute Gasteiger partial charge is 0.231 e. The molecule has 1 aromatic rings. The average molecular weight is 209 g/mol. The molecule has 1 fully saturated rings. The average Bonchev–Trinajstić information content (AvgIpc) is 2.88. The first-order chi connectivity index (χ1) is 7.36. The molecule has 2 heterocycles. The van der Waals surface area contributed by atoms with Crippen molar-refractivity contribution in [1.82, 2.24) is 5.32 Å². The summed E-state index contributed by atoms with van der Waals surface area (Å²) in [6.45, 7) is 1.13. The van der Waals surface area contributed by atoms with Crippen LogP contribution in [0.4, 0.5) is 4.39 Å². The van der Waals surface area contributed by atoms with E-state index < -0.39 is 0 Å². The summed E-state index contributed by atoms with van der Waals surface area (Å²) in [4.78, 5) is 0. The Labute approximate surface area is 87.2 Å². The van der Waals surface area contributed by atoms with Crippen LogP contribution in [0.2, 0.25) is 0 Å². The molecule has 15 heavy (non-hydrogen) atoms. The van der Waals surface area contributed by atoms with Gasteiger partial charge in [-0.3, -0.25) is 0 Å². The van der Waals surface area contributed by atoms with Crippen LogP contribution in [0.1, 0.15) is 24.4 Å². The fourth-order valence-corrected chi connectivity index (χ4v) is 2.21. The normalized spacial score (nSPS) is 23.4. The predicted molar refractivity (Wildman–Crippen MR) is 52.5 cm³/mol. The highest BCUT2D eigenvalue weighted by Crippen LogP contribution is 2.42. The van der Waals surface area contributed by atoms with E-state index in [4.69, 9.17) is 9.47 Å². The molecule has 1 atom stereocenters. The van der Waals surface area contributed by atoms with Crippen molar-refractivity contribution in [2.45, 2.75) is 18.9 Å². The standard InChI is InChI=1S/C11H12FNO2/c12-8-4-3-7(9-2-1-5-13-9)10-11(8)15-6-14-10/h3-4,9,13H,1-2,5-6H2. The number of hydrogen-bond acceptors (Lipinski definition) is 3. The van der Waals surface area contributed by atoms with Gasteiger partial charge in [-0.2, -0.15) is 0 Å². The van der Waals surface area contributed by atoms with Gasteiger partial charge in [0.15, 0.2) is 11.6 Å². The Morgan fingerprint density at radius 1 is 1.27 bits per heavy atom. The van der Waals surface area contributed by atoms with Gasteiger partial charge in [0.1, 0.15) is 0 Å².